The predicted molar refractivity (Wildman–Crippen MR) is 112 cm³/mol. The summed E-state index contributed by atoms with van der Waals surface area (Å²) in [6.07, 6.45) is 12.4. The molecule has 2 saturated carbocycles. The highest BCUT2D eigenvalue weighted by molar-refractivity contribution is 5.63. The first kappa shape index (κ1) is 19.6. The van der Waals surface area contributed by atoms with Gasteiger partial charge in [0.15, 0.2) is 0 Å². The van der Waals surface area contributed by atoms with Crippen LogP contribution in [0.25, 0.3) is 11.1 Å². The van der Waals surface area contributed by atoms with Crippen LogP contribution >= 0.6 is 0 Å². The van der Waals surface area contributed by atoms with Gasteiger partial charge in [-0.25, -0.2) is 8.78 Å². The van der Waals surface area contributed by atoms with E-state index in [0.717, 1.165) is 29.4 Å². The van der Waals surface area contributed by atoms with E-state index < -0.39 is 11.6 Å². The van der Waals surface area contributed by atoms with Crippen LogP contribution in [0.1, 0.15) is 76.2 Å². The molecule has 0 bridgehead atoms. The largest absolute Gasteiger partial charge is 0.207 e. The van der Waals surface area contributed by atoms with E-state index in [2.05, 4.69) is 19.1 Å². The highest BCUT2D eigenvalue weighted by Gasteiger charge is 2.35. The Morgan fingerprint density at radius 3 is 2.18 bits per heavy atom. The molecule has 0 N–H and O–H groups in total. The standard InChI is InChI=1S/C26H32F2/c1-2-3-4-18-5-6-23-14-22(12-11-21(23)13-18)19-7-9-20(10-8-19)24-15-25(27)17-26(28)16-24/h7-10,15-18,21-23H,2-6,11-14H2,1H3/t18?,21-,22-,23-/m1/s1. The SMILES string of the molecule is CCCCC1CC[C@@H]2C[C@H](c3ccc(-c4cc(F)cc(F)c4)cc3)CC[C@@H]2C1. The van der Waals surface area contributed by atoms with Gasteiger partial charge in [0.25, 0.3) is 0 Å². The molecule has 28 heavy (non-hydrogen) atoms. The molecule has 2 aromatic rings. The van der Waals surface area contributed by atoms with E-state index >= 15 is 0 Å². The highest BCUT2D eigenvalue weighted by atomic mass is 19.1. The Morgan fingerprint density at radius 2 is 1.46 bits per heavy atom. The summed E-state index contributed by atoms with van der Waals surface area (Å²) in [5.41, 5.74) is 2.89. The number of halogens is 2. The van der Waals surface area contributed by atoms with Crippen LogP contribution < -0.4 is 0 Å². The van der Waals surface area contributed by atoms with Gasteiger partial charge in [0.05, 0.1) is 0 Å². The molecule has 0 spiro atoms. The van der Waals surface area contributed by atoms with Crippen LogP contribution in [0.4, 0.5) is 8.78 Å². The van der Waals surface area contributed by atoms with Crippen LogP contribution in [-0.2, 0) is 0 Å². The zero-order chi connectivity index (χ0) is 19.5. The first-order chi connectivity index (χ1) is 13.6. The molecule has 150 valence electrons. The molecule has 0 aliphatic heterocycles. The first-order valence-electron chi connectivity index (χ1n) is 11.2. The average Bonchev–Trinajstić information content (AvgIpc) is 2.71. The van der Waals surface area contributed by atoms with E-state index in [1.165, 1.54) is 75.5 Å². The number of hydrogen-bond donors (Lipinski definition) is 0. The molecule has 0 saturated heterocycles. The third-order valence-electron chi connectivity index (χ3n) is 7.27. The van der Waals surface area contributed by atoms with Gasteiger partial charge in [0.2, 0.25) is 0 Å². The number of unbranched alkanes of at least 4 members (excludes halogenated alkanes) is 1. The van der Waals surface area contributed by atoms with Crippen molar-refractivity contribution in [3.8, 4) is 11.1 Å². The first-order valence-corrected chi connectivity index (χ1v) is 11.2. The Kier molecular flexibility index (Phi) is 6.13. The van der Waals surface area contributed by atoms with E-state index in [1.54, 1.807) is 0 Å². The Balaban J connectivity index is 1.39. The maximum Gasteiger partial charge on any atom is 0.126 e. The fourth-order valence-corrected chi connectivity index (χ4v) is 5.71. The fraction of sp³-hybridized carbons (Fsp3) is 0.538. The predicted octanol–water partition coefficient (Wildman–Crippen LogP) is 8.12. The molecule has 2 aliphatic carbocycles. The van der Waals surface area contributed by atoms with E-state index in [0.29, 0.717) is 11.5 Å². The quantitative estimate of drug-likeness (QED) is 0.490. The van der Waals surface area contributed by atoms with Gasteiger partial charge in [-0.15, -0.1) is 0 Å². The molecule has 2 aromatic carbocycles. The second-order valence-electron chi connectivity index (χ2n) is 9.13. The third-order valence-corrected chi connectivity index (χ3v) is 7.27. The normalized spacial score (nSPS) is 27.4. The lowest BCUT2D eigenvalue weighted by atomic mass is 9.63. The van der Waals surface area contributed by atoms with Gasteiger partial charge < -0.3 is 0 Å². The molecule has 4 rings (SSSR count). The minimum Gasteiger partial charge on any atom is -0.207 e. The second kappa shape index (κ2) is 8.76. The molecule has 4 atom stereocenters. The summed E-state index contributed by atoms with van der Waals surface area (Å²) in [4.78, 5) is 0. The van der Waals surface area contributed by atoms with Crippen molar-refractivity contribution in [2.75, 3.05) is 0 Å². The summed E-state index contributed by atoms with van der Waals surface area (Å²) < 4.78 is 27.0. The van der Waals surface area contributed by atoms with Gasteiger partial charge in [-0.2, -0.15) is 0 Å². The molecule has 0 aromatic heterocycles. The van der Waals surface area contributed by atoms with Crippen LogP contribution in [0.3, 0.4) is 0 Å². The van der Waals surface area contributed by atoms with Crippen LogP contribution in [0, 0.1) is 29.4 Å². The van der Waals surface area contributed by atoms with E-state index in [4.69, 9.17) is 0 Å². The minimum atomic E-state index is -0.521. The maximum atomic E-state index is 13.5. The van der Waals surface area contributed by atoms with Gasteiger partial charge in [-0.05, 0) is 84.6 Å². The molecular formula is C26H32F2. The summed E-state index contributed by atoms with van der Waals surface area (Å²) in [5.74, 6) is 2.42. The molecule has 0 nitrogen and oxygen atoms in total. The lowest BCUT2D eigenvalue weighted by molar-refractivity contribution is 0.113. The minimum absolute atomic E-state index is 0.521. The van der Waals surface area contributed by atoms with E-state index in [-0.39, 0.29) is 0 Å². The van der Waals surface area contributed by atoms with Crippen molar-refractivity contribution in [2.45, 2.75) is 70.6 Å². The van der Waals surface area contributed by atoms with Gasteiger partial charge in [0, 0.05) is 6.07 Å². The topological polar surface area (TPSA) is 0 Å². The third kappa shape index (κ3) is 4.47. The molecule has 1 unspecified atom stereocenters. The van der Waals surface area contributed by atoms with Crippen molar-refractivity contribution in [2.24, 2.45) is 17.8 Å². The Hall–Kier alpha value is -1.70. The monoisotopic (exact) mass is 382 g/mol. The van der Waals surface area contributed by atoms with Gasteiger partial charge in [-0.3, -0.25) is 0 Å². The molecule has 0 radical (unpaired) electrons. The summed E-state index contributed by atoms with van der Waals surface area (Å²) in [7, 11) is 0. The Labute approximate surface area is 168 Å². The highest BCUT2D eigenvalue weighted by Crippen LogP contribution is 2.48. The maximum absolute atomic E-state index is 13.5. The number of benzene rings is 2. The van der Waals surface area contributed by atoms with Gasteiger partial charge in [-0.1, -0.05) is 56.9 Å². The molecule has 2 heteroatoms. The molecular weight excluding hydrogens is 350 g/mol. The van der Waals surface area contributed by atoms with Crippen molar-refractivity contribution < 1.29 is 8.78 Å². The molecule has 2 fully saturated rings. The lowest BCUT2D eigenvalue weighted by Gasteiger charge is -2.42. The Bertz CT molecular complexity index is 759. The van der Waals surface area contributed by atoms with E-state index in [9.17, 15) is 8.78 Å². The van der Waals surface area contributed by atoms with Crippen LogP contribution in [0.5, 0.6) is 0 Å². The van der Waals surface area contributed by atoms with Crippen LogP contribution in [0.15, 0.2) is 42.5 Å². The molecule has 0 heterocycles. The Morgan fingerprint density at radius 1 is 0.786 bits per heavy atom. The van der Waals surface area contributed by atoms with Crippen molar-refractivity contribution in [1.82, 2.24) is 0 Å². The molecule has 2 aliphatic rings. The molecule has 0 amide bonds. The fourth-order valence-electron chi connectivity index (χ4n) is 5.71. The van der Waals surface area contributed by atoms with Crippen LogP contribution in [-0.4, -0.2) is 0 Å². The second-order valence-corrected chi connectivity index (χ2v) is 9.13. The summed E-state index contributed by atoms with van der Waals surface area (Å²) in [5, 5.41) is 0. The van der Waals surface area contributed by atoms with Crippen molar-refractivity contribution >= 4 is 0 Å². The van der Waals surface area contributed by atoms with Crippen LogP contribution in [0.2, 0.25) is 0 Å². The summed E-state index contributed by atoms with van der Waals surface area (Å²) >= 11 is 0. The van der Waals surface area contributed by atoms with E-state index in [1.807, 2.05) is 12.1 Å². The number of fused-ring (bicyclic) bond motifs is 1. The lowest BCUT2D eigenvalue weighted by Crippen LogP contribution is -2.30. The zero-order valence-electron chi connectivity index (χ0n) is 17.0. The smallest absolute Gasteiger partial charge is 0.126 e. The number of rotatable bonds is 5. The van der Waals surface area contributed by atoms with Crippen molar-refractivity contribution in [3.05, 3.63) is 59.7 Å². The number of hydrogen-bond acceptors (Lipinski definition) is 0. The van der Waals surface area contributed by atoms with Gasteiger partial charge in [0.1, 0.15) is 11.6 Å². The van der Waals surface area contributed by atoms with Crippen molar-refractivity contribution in [1.29, 1.82) is 0 Å². The average molecular weight is 383 g/mol. The summed E-state index contributed by atoms with van der Waals surface area (Å²) in [6, 6.07) is 12.1. The van der Waals surface area contributed by atoms with Crippen molar-refractivity contribution in [3.63, 3.8) is 0 Å². The summed E-state index contributed by atoms with van der Waals surface area (Å²) in [6.45, 7) is 2.30. The van der Waals surface area contributed by atoms with Gasteiger partial charge >= 0.3 is 0 Å². The zero-order valence-corrected chi connectivity index (χ0v) is 17.0.